The van der Waals surface area contributed by atoms with Crippen LogP contribution in [0.5, 0.6) is 0 Å². The molecular weight excluding hydrogens is 268 g/mol. The first-order chi connectivity index (χ1) is 10.8. The second-order valence-electron chi connectivity index (χ2n) is 6.30. The molecule has 0 saturated heterocycles. The molecule has 2 nitrogen and oxygen atoms in total. The van der Waals surface area contributed by atoms with Crippen molar-refractivity contribution in [3.05, 3.63) is 59.7 Å². The molecule has 1 aliphatic rings. The summed E-state index contributed by atoms with van der Waals surface area (Å²) in [5.74, 6) is 0. The first-order valence-corrected chi connectivity index (χ1v) is 8.35. The molecule has 2 heteroatoms. The van der Waals surface area contributed by atoms with Gasteiger partial charge < -0.3 is 10.6 Å². The van der Waals surface area contributed by atoms with E-state index >= 15 is 0 Å². The Labute approximate surface area is 134 Å². The van der Waals surface area contributed by atoms with E-state index in [4.69, 9.17) is 0 Å². The third-order valence-electron chi connectivity index (χ3n) is 5.16. The highest BCUT2D eigenvalue weighted by Gasteiger charge is 2.35. The number of anilines is 2. The van der Waals surface area contributed by atoms with E-state index in [0.717, 1.165) is 0 Å². The molecule has 0 unspecified atom stereocenters. The van der Waals surface area contributed by atoms with E-state index in [-0.39, 0.29) is 5.41 Å². The molecule has 116 valence electrons. The lowest BCUT2D eigenvalue weighted by atomic mass is 9.65. The van der Waals surface area contributed by atoms with Crippen molar-refractivity contribution in [2.75, 3.05) is 24.7 Å². The second kappa shape index (κ2) is 6.43. The Morgan fingerprint density at radius 2 is 1.05 bits per heavy atom. The Morgan fingerprint density at radius 3 is 1.41 bits per heavy atom. The van der Waals surface area contributed by atoms with E-state index in [0.29, 0.717) is 0 Å². The van der Waals surface area contributed by atoms with Gasteiger partial charge in [-0.2, -0.15) is 0 Å². The van der Waals surface area contributed by atoms with E-state index in [1.165, 1.54) is 54.6 Å². The predicted molar refractivity (Wildman–Crippen MR) is 95.8 cm³/mol. The maximum Gasteiger partial charge on any atom is 0.0337 e. The Kier molecular flexibility index (Phi) is 4.37. The molecule has 0 radical (unpaired) electrons. The van der Waals surface area contributed by atoms with Crippen LogP contribution in [0.3, 0.4) is 0 Å². The van der Waals surface area contributed by atoms with E-state index < -0.39 is 0 Å². The Morgan fingerprint density at radius 1 is 0.636 bits per heavy atom. The van der Waals surface area contributed by atoms with Crippen molar-refractivity contribution in [2.45, 2.75) is 37.5 Å². The topological polar surface area (TPSA) is 24.1 Å². The summed E-state index contributed by atoms with van der Waals surface area (Å²) in [5, 5.41) is 6.43. The lowest BCUT2D eigenvalue weighted by molar-refractivity contribution is 0.346. The van der Waals surface area contributed by atoms with Gasteiger partial charge in [-0.15, -0.1) is 0 Å². The number of hydrogen-bond donors (Lipinski definition) is 2. The van der Waals surface area contributed by atoms with Crippen LogP contribution in [0.4, 0.5) is 11.4 Å². The normalized spacial score (nSPS) is 17.0. The molecule has 1 saturated carbocycles. The average Bonchev–Trinajstić information content (AvgIpc) is 2.62. The SMILES string of the molecule is CNc1ccc(C2(c3ccc(NC)cc3)CCCCC2)cc1. The molecule has 1 fully saturated rings. The summed E-state index contributed by atoms with van der Waals surface area (Å²) in [4.78, 5) is 0. The number of hydrogen-bond acceptors (Lipinski definition) is 2. The fourth-order valence-electron chi connectivity index (χ4n) is 3.81. The lowest BCUT2D eigenvalue weighted by Gasteiger charge is -2.39. The van der Waals surface area contributed by atoms with Crippen LogP contribution in [0.25, 0.3) is 0 Å². The van der Waals surface area contributed by atoms with Crippen LogP contribution < -0.4 is 10.6 Å². The number of nitrogens with one attached hydrogen (secondary N) is 2. The van der Waals surface area contributed by atoms with Crippen molar-refractivity contribution in [3.8, 4) is 0 Å². The summed E-state index contributed by atoms with van der Waals surface area (Å²) in [5.41, 5.74) is 5.48. The minimum absolute atomic E-state index is 0.191. The van der Waals surface area contributed by atoms with Crippen LogP contribution in [-0.2, 0) is 5.41 Å². The molecule has 0 spiro atoms. The maximum atomic E-state index is 3.22. The molecular formula is C20H26N2. The van der Waals surface area contributed by atoms with Crippen LogP contribution in [0.15, 0.2) is 48.5 Å². The minimum Gasteiger partial charge on any atom is -0.388 e. The van der Waals surface area contributed by atoms with Gasteiger partial charge in [-0.25, -0.2) is 0 Å². The lowest BCUT2D eigenvalue weighted by Crippen LogP contribution is -2.30. The Balaban J connectivity index is 2.02. The predicted octanol–water partition coefficient (Wildman–Crippen LogP) is 5.02. The van der Waals surface area contributed by atoms with Crippen LogP contribution in [-0.4, -0.2) is 14.1 Å². The fraction of sp³-hybridized carbons (Fsp3) is 0.400. The van der Waals surface area contributed by atoms with Gasteiger partial charge in [-0.1, -0.05) is 43.5 Å². The van der Waals surface area contributed by atoms with Gasteiger partial charge in [-0.05, 0) is 48.2 Å². The van der Waals surface area contributed by atoms with Crippen molar-refractivity contribution in [1.29, 1.82) is 0 Å². The highest BCUT2D eigenvalue weighted by Crippen LogP contribution is 2.45. The van der Waals surface area contributed by atoms with Gasteiger partial charge in [-0.3, -0.25) is 0 Å². The van der Waals surface area contributed by atoms with Crippen molar-refractivity contribution in [2.24, 2.45) is 0 Å². The van der Waals surface area contributed by atoms with E-state index in [2.05, 4.69) is 59.2 Å². The molecule has 22 heavy (non-hydrogen) atoms. The molecule has 0 aliphatic heterocycles. The summed E-state index contributed by atoms with van der Waals surface area (Å²) >= 11 is 0. The van der Waals surface area contributed by atoms with Crippen molar-refractivity contribution in [3.63, 3.8) is 0 Å². The molecule has 0 aromatic heterocycles. The molecule has 3 rings (SSSR count). The third kappa shape index (κ3) is 2.70. The van der Waals surface area contributed by atoms with Gasteiger partial charge in [0.1, 0.15) is 0 Å². The zero-order valence-electron chi connectivity index (χ0n) is 13.7. The highest BCUT2D eigenvalue weighted by atomic mass is 14.8. The molecule has 0 bridgehead atoms. The zero-order chi connectivity index (χ0) is 15.4. The van der Waals surface area contributed by atoms with Gasteiger partial charge >= 0.3 is 0 Å². The molecule has 2 aromatic rings. The number of rotatable bonds is 4. The number of benzene rings is 2. The van der Waals surface area contributed by atoms with Crippen molar-refractivity contribution in [1.82, 2.24) is 0 Å². The molecule has 2 aromatic carbocycles. The van der Waals surface area contributed by atoms with E-state index in [9.17, 15) is 0 Å². The van der Waals surface area contributed by atoms with Crippen LogP contribution in [0, 0.1) is 0 Å². The molecule has 0 atom stereocenters. The highest BCUT2D eigenvalue weighted by molar-refractivity contribution is 5.51. The van der Waals surface area contributed by atoms with Crippen molar-refractivity contribution >= 4 is 11.4 Å². The fourth-order valence-corrected chi connectivity index (χ4v) is 3.81. The van der Waals surface area contributed by atoms with Gasteiger partial charge in [0.25, 0.3) is 0 Å². The molecule has 1 aliphatic carbocycles. The van der Waals surface area contributed by atoms with Gasteiger partial charge in [0.15, 0.2) is 0 Å². The quantitative estimate of drug-likeness (QED) is 0.827. The summed E-state index contributed by atoms with van der Waals surface area (Å²) in [6.45, 7) is 0. The summed E-state index contributed by atoms with van der Waals surface area (Å²) in [6, 6.07) is 18.0. The largest absolute Gasteiger partial charge is 0.388 e. The van der Waals surface area contributed by atoms with Crippen LogP contribution in [0.2, 0.25) is 0 Å². The smallest absolute Gasteiger partial charge is 0.0337 e. The van der Waals surface area contributed by atoms with Gasteiger partial charge in [0, 0.05) is 30.9 Å². The third-order valence-corrected chi connectivity index (χ3v) is 5.16. The average molecular weight is 294 g/mol. The maximum absolute atomic E-state index is 3.22. The molecule has 0 amide bonds. The molecule has 0 heterocycles. The van der Waals surface area contributed by atoms with Gasteiger partial charge in [0.2, 0.25) is 0 Å². The van der Waals surface area contributed by atoms with E-state index in [1.807, 2.05) is 14.1 Å². The monoisotopic (exact) mass is 294 g/mol. The standard InChI is InChI=1S/C20H26N2/c1-21-18-10-6-16(7-11-18)20(14-4-3-5-15-20)17-8-12-19(22-2)13-9-17/h6-13,21-22H,3-5,14-15H2,1-2H3. The van der Waals surface area contributed by atoms with E-state index in [1.54, 1.807) is 0 Å². The van der Waals surface area contributed by atoms with Crippen LogP contribution >= 0.6 is 0 Å². The minimum atomic E-state index is 0.191. The summed E-state index contributed by atoms with van der Waals surface area (Å²) in [7, 11) is 3.95. The van der Waals surface area contributed by atoms with Crippen molar-refractivity contribution < 1.29 is 0 Å². The first kappa shape index (κ1) is 15.0. The summed E-state index contributed by atoms with van der Waals surface area (Å²) < 4.78 is 0. The van der Waals surface area contributed by atoms with Crippen LogP contribution in [0.1, 0.15) is 43.2 Å². The van der Waals surface area contributed by atoms with Gasteiger partial charge in [0.05, 0.1) is 0 Å². The second-order valence-corrected chi connectivity index (χ2v) is 6.30. The first-order valence-electron chi connectivity index (χ1n) is 8.35. The Bertz CT molecular complexity index is 543. The summed E-state index contributed by atoms with van der Waals surface area (Å²) in [6.07, 6.45) is 6.52. The molecule has 2 N–H and O–H groups in total. The Hall–Kier alpha value is -1.96. The zero-order valence-corrected chi connectivity index (χ0v) is 13.7.